The van der Waals surface area contributed by atoms with Crippen LogP contribution in [0, 0.1) is 16.1 Å². The Morgan fingerprint density at radius 3 is 2.70 bits per heavy atom. The molecule has 1 aromatic carbocycles. The van der Waals surface area contributed by atoms with Crippen LogP contribution in [0.15, 0.2) is 18.2 Å². The third-order valence-corrected chi connectivity index (χ3v) is 3.02. The van der Waals surface area contributed by atoms with Crippen molar-refractivity contribution in [1.29, 1.82) is 5.26 Å². The van der Waals surface area contributed by atoms with E-state index in [4.69, 9.17) is 17.5 Å². The van der Waals surface area contributed by atoms with Gasteiger partial charge in [0, 0.05) is 6.42 Å². The number of aryl methyl sites for hydroxylation is 1. The Hall–Kier alpha value is -2.14. The first-order chi connectivity index (χ1) is 9.38. The number of hydrogen-bond acceptors (Lipinski definition) is 3. The monoisotopic (exact) mass is 298 g/mol. The summed E-state index contributed by atoms with van der Waals surface area (Å²) in [5, 5.41) is 15.3. The van der Waals surface area contributed by atoms with Gasteiger partial charge in [0.15, 0.2) is 4.77 Å². The molecule has 1 aromatic heterocycles. The van der Waals surface area contributed by atoms with Gasteiger partial charge in [-0.2, -0.15) is 23.5 Å². The van der Waals surface area contributed by atoms with E-state index in [-0.39, 0.29) is 10.5 Å². The number of H-pyrrole nitrogens is 1. The molecule has 0 spiro atoms. The number of halogens is 3. The molecule has 2 aromatic rings. The fraction of sp³-hybridized carbons (Fsp3) is 0.250. The molecule has 0 bridgehead atoms. The first-order valence-corrected chi connectivity index (χ1v) is 6.07. The lowest BCUT2D eigenvalue weighted by atomic mass is 10.1. The molecular formula is C12H9F3N4S. The van der Waals surface area contributed by atoms with Gasteiger partial charge in [-0.15, -0.1) is 0 Å². The van der Waals surface area contributed by atoms with Gasteiger partial charge in [0.1, 0.15) is 5.82 Å². The van der Waals surface area contributed by atoms with E-state index in [0.29, 0.717) is 12.2 Å². The maximum Gasteiger partial charge on any atom is 0.417 e. The Morgan fingerprint density at radius 2 is 2.15 bits per heavy atom. The highest BCUT2D eigenvalue weighted by Gasteiger charge is 2.34. The molecule has 0 saturated carbocycles. The minimum absolute atomic E-state index is 0.208. The van der Waals surface area contributed by atoms with Gasteiger partial charge in [-0.25, -0.2) is 0 Å². The summed E-state index contributed by atoms with van der Waals surface area (Å²) in [5.74, 6) is 0.521. The fourth-order valence-corrected chi connectivity index (χ4v) is 2.09. The molecule has 0 atom stereocenters. The lowest BCUT2D eigenvalue weighted by molar-refractivity contribution is -0.137. The van der Waals surface area contributed by atoms with Crippen molar-refractivity contribution in [2.24, 2.45) is 0 Å². The molecule has 4 nitrogen and oxygen atoms in total. The molecule has 0 aliphatic carbocycles. The fourth-order valence-electron chi connectivity index (χ4n) is 1.84. The van der Waals surface area contributed by atoms with Crippen LogP contribution < -0.4 is 0 Å². The number of nitrogens with zero attached hydrogens (tertiary/aromatic N) is 3. The normalized spacial score (nSPS) is 11.3. The van der Waals surface area contributed by atoms with Gasteiger partial charge in [0.25, 0.3) is 0 Å². The molecule has 0 unspecified atom stereocenters. The van der Waals surface area contributed by atoms with E-state index in [9.17, 15) is 13.2 Å². The van der Waals surface area contributed by atoms with Gasteiger partial charge >= 0.3 is 6.18 Å². The SMILES string of the molecule is CCc1n[nH]c(=S)n1-c1ccc(C#N)c(C(F)(F)F)c1. The van der Waals surface area contributed by atoms with E-state index in [1.54, 1.807) is 0 Å². The first kappa shape index (κ1) is 14.3. The molecule has 8 heteroatoms. The Morgan fingerprint density at radius 1 is 1.45 bits per heavy atom. The molecule has 0 fully saturated rings. The smallest absolute Gasteiger partial charge is 0.272 e. The standard InChI is InChI=1S/C12H9F3N4S/c1-2-10-17-18-11(20)19(10)8-4-3-7(6-16)9(5-8)12(13,14)15/h3-5H,2H2,1H3,(H,18,20). The van der Waals surface area contributed by atoms with Gasteiger partial charge in [-0.05, 0) is 30.4 Å². The summed E-state index contributed by atoms with van der Waals surface area (Å²) >= 11 is 5.02. The Kier molecular flexibility index (Phi) is 3.63. The molecule has 1 N–H and O–H groups in total. The Bertz CT molecular complexity index is 736. The summed E-state index contributed by atoms with van der Waals surface area (Å²) in [6.45, 7) is 1.82. The van der Waals surface area contributed by atoms with Crippen LogP contribution in [-0.4, -0.2) is 14.8 Å². The maximum atomic E-state index is 12.9. The molecule has 2 rings (SSSR count). The van der Waals surface area contributed by atoms with E-state index in [0.717, 1.165) is 12.1 Å². The zero-order chi connectivity index (χ0) is 14.9. The number of nitriles is 1. The zero-order valence-corrected chi connectivity index (χ0v) is 11.1. The number of hydrogen-bond donors (Lipinski definition) is 1. The Labute approximate surface area is 117 Å². The van der Waals surface area contributed by atoms with Crippen LogP contribution >= 0.6 is 12.2 Å². The second-order valence-corrected chi connectivity index (χ2v) is 4.36. The predicted molar refractivity (Wildman–Crippen MR) is 67.8 cm³/mol. The van der Waals surface area contributed by atoms with Crippen molar-refractivity contribution in [3.63, 3.8) is 0 Å². The highest BCUT2D eigenvalue weighted by atomic mass is 32.1. The molecule has 0 aliphatic rings. The maximum absolute atomic E-state index is 12.9. The quantitative estimate of drug-likeness (QED) is 0.865. The van der Waals surface area contributed by atoms with Crippen LogP contribution in [0.5, 0.6) is 0 Å². The van der Waals surface area contributed by atoms with E-state index in [1.807, 2.05) is 6.92 Å². The molecule has 0 amide bonds. The molecule has 0 radical (unpaired) electrons. The Balaban J connectivity index is 2.69. The summed E-state index contributed by atoms with van der Waals surface area (Å²) in [6, 6.07) is 4.99. The van der Waals surface area contributed by atoms with Gasteiger partial charge in [-0.3, -0.25) is 9.67 Å². The minimum atomic E-state index is -4.60. The van der Waals surface area contributed by atoms with Crippen molar-refractivity contribution in [3.8, 4) is 11.8 Å². The summed E-state index contributed by atoms with van der Waals surface area (Å²) in [7, 11) is 0. The molecule has 20 heavy (non-hydrogen) atoms. The van der Waals surface area contributed by atoms with E-state index in [1.165, 1.54) is 16.7 Å². The minimum Gasteiger partial charge on any atom is -0.272 e. The van der Waals surface area contributed by atoms with Crippen LogP contribution in [0.2, 0.25) is 0 Å². The van der Waals surface area contributed by atoms with Crippen LogP contribution in [-0.2, 0) is 12.6 Å². The van der Waals surface area contributed by atoms with Gasteiger partial charge in [0.05, 0.1) is 22.9 Å². The number of alkyl halides is 3. The summed E-state index contributed by atoms with van der Waals surface area (Å²) in [5.41, 5.74) is -1.18. The highest BCUT2D eigenvalue weighted by molar-refractivity contribution is 7.71. The van der Waals surface area contributed by atoms with Crippen molar-refractivity contribution in [3.05, 3.63) is 39.9 Å². The second kappa shape index (κ2) is 5.09. The van der Waals surface area contributed by atoms with E-state index >= 15 is 0 Å². The third kappa shape index (κ3) is 2.44. The van der Waals surface area contributed by atoms with Crippen molar-refractivity contribution in [2.75, 3.05) is 0 Å². The van der Waals surface area contributed by atoms with E-state index < -0.39 is 17.3 Å². The zero-order valence-electron chi connectivity index (χ0n) is 10.3. The van der Waals surface area contributed by atoms with Crippen LogP contribution in [0.3, 0.4) is 0 Å². The summed E-state index contributed by atoms with van der Waals surface area (Å²) in [4.78, 5) is 0. The lowest BCUT2D eigenvalue weighted by Crippen LogP contribution is -2.10. The van der Waals surface area contributed by atoms with Gasteiger partial charge < -0.3 is 0 Å². The molecular weight excluding hydrogens is 289 g/mol. The number of nitrogens with one attached hydrogen (secondary N) is 1. The molecule has 104 valence electrons. The van der Waals surface area contributed by atoms with Crippen LogP contribution in [0.1, 0.15) is 23.9 Å². The summed E-state index contributed by atoms with van der Waals surface area (Å²) < 4.78 is 40.4. The molecule has 0 aliphatic heterocycles. The highest BCUT2D eigenvalue weighted by Crippen LogP contribution is 2.33. The van der Waals surface area contributed by atoms with E-state index in [2.05, 4.69) is 10.2 Å². The van der Waals surface area contributed by atoms with Crippen LogP contribution in [0.4, 0.5) is 13.2 Å². The number of aromatic amines is 1. The summed E-state index contributed by atoms with van der Waals surface area (Å²) in [6.07, 6.45) is -4.09. The predicted octanol–water partition coefficient (Wildman–Crippen LogP) is 3.38. The number of rotatable bonds is 2. The van der Waals surface area contributed by atoms with Crippen LogP contribution in [0.25, 0.3) is 5.69 Å². The lowest BCUT2D eigenvalue weighted by Gasteiger charge is -2.12. The average molecular weight is 298 g/mol. The third-order valence-electron chi connectivity index (χ3n) is 2.75. The molecule has 1 heterocycles. The van der Waals surface area contributed by atoms with Crippen molar-refractivity contribution in [2.45, 2.75) is 19.5 Å². The second-order valence-electron chi connectivity index (χ2n) is 3.97. The van der Waals surface area contributed by atoms with Gasteiger partial charge in [-0.1, -0.05) is 6.92 Å². The number of aromatic nitrogens is 3. The van der Waals surface area contributed by atoms with Crippen molar-refractivity contribution in [1.82, 2.24) is 14.8 Å². The number of benzene rings is 1. The average Bonchev–Trinajstić information content (AvgIpc) is 2.78. The largest absolute Gasteiger partial charge is 0.417 e. The topological polar surface area (TPSA) is 57.4 Å². The molecule has 0 saturated heterocycles. The first-order valence-electron chi connectivity index (χ1n) is 5.66. The van der Waals surface area contributed by atoms with Gasteiger partial charge in [0.2, 0.25) is 0 Å². The van der Waals surface area contributed by atoms with Crippen molar-refractivity contribution < 1.29 is 13.2 Å². The van der Waals surface area contributed by atoms with Crippen molar-refractivity contribution >= 4 is 12.2 Å².